The number of nitrogens with zero attached hydrogens (tertiary/aromatic N) is 2. The van der Waals surface area contributed by atoms with E-state index in [2.05, 4.69) is 10.2 Å². The van der Waals surface area contributed by atoms with Crippen LogP contribution >= 0.6 is 0 Å². The minimum Gasteiger partial charge on any atom is -0.465 e. The summed E-state index contributed by atoms with van der Waals surface area (Å²) in [7, 11) is 0. The van der Waals surface area contributed by atoms with Gasteiger partial charge in [0.15, 0.2) is 0 Å². The maximum absolute atomic E-state index is 11.0. The molecule has 1 fully saturated rings. The molecule has 1 aromatic heterocycles. The molecule has 0 radical (unpaired) electrons. The Bertz CT molecular complexity index is 351. The van der Waals surface area contributed by atoms with Crippen LogP contribution in [0, 0.1) is 0 Å². The maximum atomic E-state index is 11.0. The van der Waals surface area contributed by atoms with Crippen LogP contribution in [0.15, 0.2) is 12.4 Å². The zero-order chi connectivity index (χ0) is 10.9. The second kappa shape index (κ2) is 3.54. The van der Waals surface area contributed by atoms with Crippen molar-refractivity contribution in [2.24, 2.45) is 5.73 Å². The lowest BCUT2D eigenvalue weighted by Gasteiger charge is -2.32. The number of nitrogens with one attached hydrogen (secondary N) is 1. The number of rotatable bonds is 2. The fourth-order valence-electron chi connectivity index (χ4n) is 2.10. The molecule has 1 unspecified atom stereocenters. The first-order chi connectivity index (χ1) is 7.12. The fourth-order valence-corrected chi connectivity index (χ4v) is 2.10. The number of amides is 1. The van der Waals surface area contributed by atoms with Crippen LogP contribution in [0.1, 0.15) is 18.4 Å². The molecular weight excluding hydrogens is 196 g/mol. The summed E-state index contributed by atoms with van der Waals surface area (Å²) in [6.07, 6.45) is 4.50. The highest BCUT2D eigenvalue weighted by Gasteiger charge is 2.40. The monoisotopic (exact) mass is 210 g/mol. The third-order valence-corrected chi connectivity index (χ3v) is 2.82. The first-order valence-electron chi connectivity index (χ1n) is 4.89. The largest absolute Gasteiger partial charge is 0.465 e. The number of aromatic amines is 1. The van der Waals surface area contributed by atoms with Crippen molar-refractivity contribution in [1.82, 2.24) is 15.1 Å². The fraction of sp³-hybridized carbons (Fsp3) is 0.556. The standard InChI is InChI=1S/C9H14N4O2/c10-9(4-7-5-11-12-6-7)2-1-3-13(9)8(14)15/h5-6H,1-4,10H2,(H,11,12)(H,14,15). The number of likely N-dealkylation sites (tertiary alicyclic amines) is 1. The van der Waals surface area contributed by atoms with Gasteiger partial charge in [0.1, 0.15) is 0 Å². The summed E-state index contributed by atoms with van der Waals surface area (Å²) in [6.45, 7) is 0.518. The highest BCUT2D eigenvalue weighted by Crippen LogP contribution is 2.27. The van der Waals surface area contributed by atoms with E-state index < -0.39 is 11.8 Å². The van der Waals surface area contributed by atoms with Crippen LogP contribution in [0.25, 0.3) is 0 Å². The van der Waals surface area contributed by atoms with Crippen molar-refractivity contribution in [3.8, 4) is 0 Å². The van der Waals surface area contributed by atoms with Crippen molar-refractivity contribution >= 4 is 6.09 Å². The summed E-state index contributed by atoms with van der Waals surface area (Å²) in [5.74, 6) is 0. The van der Waals surface area contributed by atoms with Gasteiger partial charge in [-0.05, 0) is 18.4 Å². The number of H-pyrrole nitrogens is 1. The molecule has 0 bridgehead atoms. The third-order valence-electron chi connectivity index (χ3n) is 2.82. The van der Waals surface area contributed by atoms with E-state index in [-0.39, 0.29) is 0 Å². The number of nitrogens with two attached hydrogens (primary N) is 1. The van der Waals surface area contributed by atoms with Gasteiger partial charge in [-0.25, -0.2) is 4.79 Å². The Morgan fingerprint density at radius 1 is 1.80 bits per heavy atom. The van der Waals surface area contributed by atoms with Crippen LogP contribution in [-0.2, 0) is 6.42 Å². The topological polar surface area (TPSA) is 95.2 Å². The van der Waals surface area contributed by atoms with Crippen LogP contribution < -0.4 is 5.73 Å². The summed E-state index contributed by atoms with van der Waals surface area (Å²) in [4.78, 5) is 12.3. The summed E-state index contributed by atoms with van der Waals surface area (Å²) in [5, 5.41) is 15.5. The zero-order valence-corrected chi connectivity index (χ0v) is 8.31. The molecule has 1 aliphatic rings. The zero-order valence-electron chi connectivity index (χ0n) is 8.31. The molecule has 0 spiro atoms. The normalized spacial score (nSPS) is 25.8. The number of carboxylic acid groups (broad SMARTS) is 1. The summed E-state index contributed by atoms with van der Waals surface area (Å²) in [6, 6.07) is 0. The minimum absolute atomic E-state index is 0.510. The van der Waals surface area contributed by atoms with E-state index in [9.17, 15) is 4.79 Å². The van der Waals surface area contributed by atoms with Crippen molar-refractivity contribution in [3.05, 3.63) is 18.0 Å². The van der Waals surface area contributed by atoms with Crippen molar-refractivity contribution in [1.29, 1.82) is 0 Å². The number of hydrogen-bond donors (Lipinski definition) is 3. The first kappa shape index (κ1) is 9.97. The van der Waals surface area contributed by atoms with Gasteiger partial charge < -0.3 is 10.8 Å². The van der Waals surface area contributed by atoms with Crippen molar-refractivity contribution in [2.75, 3.05) is 6.54 Å². The Labute approximate surface area is 87.1 Å². The third kappa shape index (κ3) is 1.80. The predicted octanol–water partition coefficient (Wildman–Crippen LogP) is 0.381. The molecule has 6 heteroatoms. The van der Waals surface area contributed by atoms with Gasteiger partial charge in [-0.2, -0.15) is 5.10 Å². The van der Waals surface area contributed by atoms with E-state index >= 15 is 0 Å². The maximum Gasteiger partial charge on any atom is 0.408 e. The lowest BCUT2D eigenvalue weighted by molar-refractivity contribution is 0.104. The van der Waals surface area contributed by atoms with E-state index in [0.29, 0.717) is 19.4 Å². The average molecular weight is 210 g/mol. The second-order valence-electron chi connectivity index (χ2n) is 3.92. The van der Waals surface area contributed by atoms with Gasteiger partial charge in [0.2, 0.25) is 0 Å². The molecule has 0 saturated carbocycles. The SMILES string of the molecule is NC1(Cc2cn[nH]c2)CCCN1C(=O)O. The molecule has 15 heavy (non-hydrogen) atoms. The molecule has 6 nitrogen and oxygen atoms in total. The lowest BCUT2D eigenvalue weighted by Crippen LogP contribution is -2.55. The van der Waals surface area contributed by atoms with Gasteiger partial charge in [0, 0.05) is 19.2 Å². The molecule has 2 rings (SSSR count). The predicted molar refractivity (Wildman–Crippen MR) is 53.2 cm³/mol. The van der Waals surface area contributed by atoms with Gasteiger partial charge in [-0.1, -0.05) is 0 Å². The molecule has 0 aromatic carbocycles. The molecular formula is C9H14N4O2. The smallest absolute Gasteiger partial charge is 0.408 e. The van der Waals surface area contributed by atoms with Crippen molar-refractivity contribution in [3.63, 3.8) is 0 Å². The summed E-state index contributed by atoms with van der Waals surface area (Å²) < 4.78 is 0. The minimum atomic E-state index is -0.946. The Morgan fingerprint density at radius 3 is 3.20 bits per heavy atom. The van der Waals surface area contributed by atoms with Crippen LogP contribution in [0.2, 0.25) is 0 Å². The molecule has 1 aromatic rings. The second-order valence-corrected chi connectivity index (χ2v) is 3.92. The Morgan fingerprint density at radius 2 is 2.60 bits per heavy atom. The summed E-state index contributed by atoms with van der Waals surface area (Å²) >= 11 is 0. The first-order valence-corrected chi connectivity index (χ1v) is 4.89. The van der Waals surface area contributed by atoms with Gasteiger partial charge in [-0.3, -0.25) is 10.00 Å². The molecule has 0 aliphatic carbocycles. The molecule has 2 heterocycles. The Hall–Kier alpha value is -1.56. The molecule has 1 atom stereocenters. The van der Waals surface area contributed by atoms with Gasteiger partial charge in [-0.15, -0.1) is 0 Å². The van der Waals surface area contributed by atoms with Gasteiger partial charge in [0.25, 0.3) is 0 Å². The van der Waals surface area contributed by atoms with Crippen LogP contribution in [0.4, 0.5) is 4.79 Å². The number of aromatic nitrogens is 2. The molecule has 1 amide bonds. The van der Waals surface area contributed by atoms with Crippen molar-refractivity contribution < 1.29 is 9.90 Å². The van der Waals surface area contributed by atoms with Gasteiger partial charge in [0.05, 0.1) is 11.9 Å². The van der Waals surface area contributed by atoms with Gasteiger partial charge >= 0.3 is 6.09 Å². The Kier molecular flexibility index (Phi) is 2.36. The van der Waals surface area contributed by atoms with Crippen LogP contribution in [0.3, 0.4) is 0 Å². The van der Waals surface area contributed by atoms with E-state index in [1.54, 1.807) is 12.4 Å². The highest BCUT2D eigenvalue weighted by atomic mass is 16.4. The highest BCUT2D eigenvalue weighted by molar-refractivity contribution is 5.66. The number of hydrogen-bond acceptors (Lipinski definition) is 3. The van der Waals surface area contributed by atoms with Crippen molar-refractivity contribution in [2.45, 2.75) is 24.9 Å². The lowest BCUT2D eigenvalue weighted by atomic mass is 10.0. The average Bonchev–Trinajstić information content (AvgIpc) is 2.75. The molecule has 82 valence electrons. The van der Waals surface area contributed by atoms with E-state index in [0.717, 1.165) is 12.0 Å². The Balaban J connectivity index is 2.14. The van der Waals surface area contributed by atoms with E-state index in [4.69, 9.17) is 10.8 Å². The number of carbonyl (C=O) groups is 1. The molecule has 1 saturated heterocycles. The van der Waals surface area contributed by atoms with Crippen LogP contribution in [0.5, 0.6) is 0 Å². The van der Waals surface area contributed by atoms with E-state index in [1.165, 1.54) is 4.90 Å². The molecule has 4 N–H and O–H groups in total. The molecule has 1 aliphatic heterocycles. The van der Waals surface area contributed by atoms with Crippen LogP contribution in [-0.4, -0.2) is 38.5 Å². The quantitative estimate of drug-likeness (QED) is 0.657. The van der Waals surface area contributed by atoms with E-state index in [1.807, 2.05) is 0 Å². The summed E-state index contributed by atoms with van der Waals surface area (Å²) in [5.41, 5.74) is 6.27.